The van der Waals surface area contributed by atoms with Crippen LogP contribution >= 0.6 is 12.2 Å². The Labute approximate surface area is 228 Å². The second-order valence-corrected chi connectivity index (χ2v) is 10.2. The highest BCUT2D eigenvalue weighted by atomic mass is 32.1. The Kier molecular flexibility index (Phi) is 9.19. The van der Waals surface area contributed by atoms with Crippen molar-refractivity contribution in [2.75, 3.05) is 27.2 Å². The molecule has 1 amide bonds. The number of nitro benzene ring substituents is 1. The van der Waals surface area contributed by atoms with Gasteiger partial charge in [-0.2, -0.15) is 0 Å². The molecule has 1 aliphatic rings. The van der Waals surface area contributed by atoms with E-state index in [1.54, 1.807) is 23.2 Å². The van der Waals surface area contributed by atoms with Gasteiger partial charge in [-0.05, 0) is 56.8 Å². The molecule has 0 aliphatic carbocycles. The molecule has 0 radical (unpaired) electrons. The number of carbonyl (C=O) groups is 1. The fourth-order valence-electron chi connectivity index (χ4n) is 4.71. The summed E-state index contributed by atoms with van der Waals surface area (Å²) in [6, 6.07) is 16.0. The summed E-state index contributed by atoms with van der Waals surface area (Å²) in [6.45, 7) is 1.94. The number of carbonyl (C=O) groups excluding carboxylic acids is 1. The molecular formula is C28H34N6O3S. The lowest BCUT2D eigenvalue weighted by Crippen LogP contribution is -2.53. The Balaban J connectivity index is 1.54. The fourth-order valence-corrected chi connectivity index (χ4v) is 5.10. The molecule has 1 fully saturated rings. The first-order valence-electron chi connectivity index (χ1n) is 12.9. The smallest absolute Gasteiger partial charge is 0.269 e. The van der Waals surface area contributed by atoms with Crippen molar-refractivity contribution in [3.63, 3.8) is 0 Å². The molecule has 1 aliphatic heterocycles. The number of unbranched alkanes of at least 4 members (excludes halogenated alkanes) is 3. The molecule has 1 unspecified atom stereocenters. The van der Waals surface area contributed by atoms with Gasteiger partial charge in [0.2, 0.25) is 5.91 Å². The maximum Gasteiger partial charge on any atom is 0.269 e. The third-order valence-corrected chi connectivity index (χ3v) is 7.18. The predicted octanol–water partition coefficient (Wildman–Crippen LogP) is 5.17. The third kappa shape index (κ3) is 6.81. The van der Waals surface area contributed by atoms with E-state index in [4.69, 9.17) is 12.2 Å². The van der Waals surface area contributed by atoms with Gasteiger partial charge in [0, 0.05) is 25.2 Å². The van der Waals surface area contributed by atoms with Crippen LogP contribution in [-0.4, -0.2) is 67.8 Å². The number of aromatic amines is 1. The van der Waals surface area contributed by atoms with Gasteiger partial charge in [-0.1, -0.05) is 55.3 Å². The Hall–Kier alpha value is -3.63. The van der Waals surface area contributed by atoms with Crippen molar-refractivity contribution in [1.82, 2.24) is 24.7 Å². The van der Waals surface area contributed by atoms with Gasteiger partial charge >= 0.3 is 0 Å². The number of rotatable bonds is 12. The Morgan fingerprint density at radius 2 is 1.87 bits per heavy atom. The van der Waals surface area contributed by atoms with Gasteiger partial charge in [0.25, 0.3) is 5.69 Å². The lowest BCUT2D eigenvalue weighted by molar-refractivity contribution is -0.384. The van der Waals surface area contributed by atoms with E-state index in [9.17, 15) is 14.9 Å². The number of hydrogen-bond acceptors (Lipinski definition) is 6. The van der Waals surface area contributed by atoms with E-state index < -0.39 is 11.0 Å². The van der Waals surface area contributed by atoms with E-state index in [-0.39, 0.29) is 18.0 Å². The Morgan fingerprint density at radius 3 is 2.61 bits per heavy atom. The largest absolute Gasteiger partial charge is 0.340 e. The average Bonchev–Trinajstić information content (AvgIpc) is 3.40. The standard InChI is InChI=1S/C28H34N6O3S/c1-31(2)15-8-3-4-9-16-32-26(35)18-25(27-29-19-24(30-27)22-12-6-5-7-13-22)33(28(32)38)20-21-11-10-14-23(17-21)34(36)37/h5-7,10-14,17,19,25H,3-4,8-9,15-16,18,20H2,1-2H3,(H,29,30). The number of aromatic nitrogens is 2. The van der Waals surface area contributed by atoms with Gasteiger partial charge in [0.1, 0.15) is 5.82 Å². The quantitative estimate of drug-likeness (QED) is 0.148. The normalized spacial score (nSPS) is 15.9. The lowest BCUT2D eigenvalue weighted by Gasteiger charge is -2.42. The van der Waals surface area contributed by atoms with Gasteiger partial charge < -0.3 is 14.8 Å². The molecule has 200 valence electrons. The van der Waals surface area contributed by atoms with Crippen LogP contribution < -0.4 is 0 Å². The summed E-state index contributed by atoms with van der Waals surface area (Å²) >= 11 is 5.87. The van der Waals surface area contributed by atoms with Crippen LogP contribution in [0.1, 0.15) is 49.5 Å². The van der Waals surface area contributed by atoms with Gasteiger partial charge in [-0.25, -0.2) is 4.98 Å². The molecule has 1 N–H and O–H groups in total. The van der Waals surface area contributed by atoms with Crippen molar-refractivity contribution >= 4 is 28.9 Å². The first kappa shape index (κ1) is 27.4. The molecule has 10 heteroatoms. The molecule has 1 aromatic heterocycles. The van der Waals surface area contributed by atoms with Gasteiger partial charge in [-0.3, -0.25) is 19.8 Å². The SMILES string of the molecule is CN(C)CCCCCCN1C(=O)CC(c2ncc(-c3ccccc3)[nH]2)N(Cc2cccc([N+](=O)[O-])c2)C1=S. The van der Waals surface area contributed by atoms with E-state index in [2.05, 4.69) is 29.0 Å². The molecule has 4 rings (SSSR count). The molecule has 3 aromatic rings. The summed E-state index contributed by atoms with van der Waals surface area (Å²) in [4.78, 5) is 38.1. The zero-order valence-electron chi connectivity index (χ0n) is 21.9. The maximum absolute atomic E-state index is 13.3. The summed E-state index contributed by atoms with van der Waals surface area (Å²) in [5.41, 5.74) is 2.63. The number of imidazole rings is 1. The molecule has 1 saturated heterocycles. The molecular weight excluding hydrogens is 500 g/mol. The van der Waals surface area contributed by atoms with Crippen LogP contribution in [0.4, 0.5) is 5.69 Å². The van der Waals surface area contributed by atoms with Gasteiger partial charge in [0.05, 0.1) is 29.3 Å². The second kappa shape index (κ2) is 12.7. The van der Waals surface area contributed by atoms with Crippen molar-refractivity contribution in [3.05, 3.63) is 82.3 Å². The maximum atomic E-state index is 13.3. The van der Waals surface area contributed by atoms with Crippen molar-refractivity contribution in [2.24, 2.45) is 0 Å². The van der Waals surface area contributed by atoms with Crippen LogP contribution in [0.15, 0.2) is 60.8 Å². The van der Waals surface area contributed by atoms with Crippen LogP contribution in [0.3, 0.4) is 0 Å². The van der Waals surface area contributed by atoms with Gasteiger partial charge in [0.15, 0.2) is 5.11 Å². The number of nitrogens with zero attached hydrogens (tertiary/aromatic N) is 5. The molecule has 0 bridgehead atoms. The Morgan fingerprint density at radius 1 is 1.11 bits per heavy atom. The first-order chi connectivity index (χ1) is 18.3. The number of nitro groups is 1. The van der Waals surface area contributed by atoms with Crippen LogP contribution in [0, 0.1) is 10.1 Å². The molecule has 1 atom stereocenters. The molecule has 38 heavy (non-hydrogen) atoms. The highest BCUT2D eigenvalue weighted by Gasteiger charge is 2.38. The van der Waals surface area contributed by atoms with E-state index in [0.29, 0.717) is 24.0 Å². The fraction of sp³-hybridized carbons (Fsp3) is 0.393. The van der Waals surface area contributed by atoms with Crippen molar-refractivity contribution in [1.29, 1.82) is 0 Å². The zero-order chi connectivity index (χ0) is 27.1. The van der Waals surface area contributed by atoms with E-state index in [0.717, 1.165) is 49.0 Å². The average molecular weight is 535 g/mol. The minimum atomic E-state index is -0.402. The second-order valence-electron chi connectivity index (χ2n) is 9.87. The monoisotopic (exact) mass is 534 g/mol. The molecule has 0 spiro atoms. The number of hydrogen-bond donors (Lipinski definition) is 1. The Bertz CT molecular complexity index is 1260. The number of thiocarbonyl (C=S) groups is 1. The zero-order valence-corrected chi connectivity index (χ0v) is 22.7. The third-order valence-electron chi connectivity index (χ3n) is 6.73. The number of non-ortho nitro benzene ring substituents is 1. The summed E-state index contributed by atoms with van der Waals surface area (Å²) in [7, 11) is 4.14. The van der Waals surface area contributed by atoms with Crippen molar-refractivity contribution < 1.29 is 9.72 Å². The highest BCUT2D eigenvalue weighted by Crippen LogP contribution is 2.33. The lowest BCUT2D eigenvalue weighted by atomic mass is 10.1. The minimum Gasteiger partial charge on any atom is -0.340 e. The topological polar surface area (TPSA) is 98.6 Å². The summed E-state index contributed by atoms with van der Waals surface area (Å²) in [6.07, 6.45) is 6.10. The summed E-state index contributed by atoms with van der Waals surface area (Å²) in [5.74, 6) is 0.620. The molecule has 2 heterocycles. The van der Waals surface area contributed by atoms with Gasteiger partial charge in [-0.15, -0.1) is 0 Å². The van der Waals surface area contributed by atoms with E-state index in [1.807, 2.05) is 41.3 Å². The first-order valence-corrected chi connectivity index (χ1v) is 13.3. The number of H-pyrrole nitrogens is 1. The molecule has 2 aromatic carbocycles. The summed E-state index contributed by atoms with van der Waals surface area (Å²) < 4.78 is 0. The van der Waals surface area contributed by atoms with E-state index >= 15 is 0 Å². The predicted molar refractivity (Wildman–Crippen MR) is 151 cm³/mol. The summed E-state index contributed by atoms with van der Waals surface area (Å²) in [5, 5.41) is 11.8. The molecule has 9 nitrogen and oxygen atoms in total. The highest BCUT2D eigenvalue weighted by molar-refractivity contribution is 7.80. The molecule has 0 saturated carbocycles. The van der Waals surface area contributed by atoms with E-state index in [1.165, 1.54) is 6.07 Å². The number of nitrogens with one attached hydrogen (secondary N) is 1. The number of benzene rings is 2. The van der Waals surface area contributed by atoms with Crippen molar-refractivity contribution in [2.45, 2.75) is 44.7 Å². The van der Waals surface area contributed by atoms with Crippen LogP contribution in [0.25, 0.3) is 11.3 Å². The minimum absolute atomic E-state index is 0.0250. The van der Waals surface area contributed by atoms with Crippen LogP contribution in [0.2, 0.25) is 0 Å². The van der Waals surface area contributed by atoms with Crippen LogP contribution in [-0.2, 0) is 11.3 Å². The van der Waals surface area contributed by atoms with Crippen LogP contribution in [0.5, 0.6) is 0 Å². The number of amides is 1. The van der Waals surface area contributed by atoms with Crippen molar-refractivity contribution in [3.8, 4) is 11.3 Å².